The molecule has 5 rings (SSSR count). The van der Waals surface area contributed by atoms with Crippen molar-refractivity contribution in [3.8, 4) is 0 Å². The van der Waals surface area contributed by atoms with Crippen LogP contribution in [0.3, 0.4) is 0 Å². The first-order valence-electron chi connectivity index (χ1n) is 19.7. The third-order valence-corrected chi connectivity index (χ3v) is 11.2. The Balaban J connectivity index is 1.11. The van der Waals surface area contributed by atoms with Gasteiger partial charge in [0.1, 0.15) is 6.10 Å². The average Bonchev–Trinajstić information content (AvgIpc) is 3.39. The van der Waals surface area contributed by atoms with E-state index in [1.165, 1.54) is 50.8 Å². The topological polar surface area (TPSA) is 77.5 Å². The Bertz CT molecular complexity index is 1150. The van der Waals surface area contributed by atoms with E-state index in [-0.39, 0.29) is 54.9 Å². The van der Waals surface area contributed by atoms with Gasteiger partial charge in [-0.25, -0.2) is 4.79 Å². The highest BCUT2D eigenvalue weighted by atomic mass is 16.6. The molecule has 274 valence electrons. The Morgan fingerprint density at radius 1 is 0.837 bits per heavy atom. The van der Waals surface area contributed by atoms with Gasteiger partial charge in [0.25, 0.3) is 0 Å². The van der Waals surface area contributed by atoms with Crippen LogP contribution in [0.2, 0.25) is 0 Å². The number of piperidine rings is 1. The molecule has 0 aromatic rings. The molecule has 0 saturated carbocycles. The summed E-state index contributed by atoms with van der Waals surface area (Å²) in [6.45, 7) is 10.8. The largest absolute Gasteiger partial charge is 0.457 e. The van der Waals surface area contributed by atoms with Gasteiger partial charge in [0.05, 0.1) is 37.4 Å². The van der Waals surface area contributed by atoms with Crippen molar-refractivity contribution in [2.75, 3.05) is 32.8 Å². The molecule has 0 aromatic heterocycles. The van der Waals surface area contributed by atoms with E-state index in [9.17, 15) is 9.59 Å². The normalized spacial score (nSPS) is 34.3. The zero-order chi connectivity index (χ0) is 34.4. The molecular formula is C41H64N2O6. The number of allylic oxidation sites excluding steroid dienone is 4. The maximum atomic E-state index is 13.3. The van der Waals surface area contributed by atoms with Crippen molar-refractivity contribution in [3.05, 3.63) is 48.1 Å². The van der Waals surface area contributed by atoms with Crippen LogP contribution >= 0.6 is 0 Å². The molecule has 4 bridgehead atoms. The van der Waals surface area contributed by atoms with Gasteiger partial charge >= 0.3 is 12.1 Å². The molecule has 0 spiro atoms. The van der Waals surface area contributed by atoms with Gasteiger partial charge in [-0.3, -0.25) is 4.79 Å². The number of carbonyl (C=O) groups excluding carboxylic acids is 2. The van der Waals surface area contributed by atoms with E-state index in [1.54, 1.807) is 0 Å². The summed E-state index contributed by atoms with van der Waals surface area (Å²) in [5.41, 5.74) is 1.35. The molecule has 7 atom stereocenters. The molecule has 8 nitrogen and oxygen atoms in total. The van der Waals surface area contributed by atoms with Crippen LogP contribution < -0.4 is 0 Å². The van der Waals surface area contributed by atoms with Gasteiger partial charge in [-0.15, -0.1) is 0 Å². The molecule has 1 amide bonds. The lowest BCUT2D eigenvalue weighted by Gasteiger charge is -2.37. The average molecular weight is 681 g/mol. The molecule has 5 aliphatic heterocycles. The Morgan fingerprint density at radius 2 is 1.55 bits per heavy atom. The number of amides is 1. The van der Waals surface area contributed by atoms with Crippen LogP contribution in [0, 0.1) is 11.8 Å². The van der Waals surface area contributed by atoms with Crippen molar-refractivity contribution in [1.29, 1.82) is 0 Å². The van der Waals surface area contributed by atoms with Crippen molar-refractivity contribution in [2.45, 2.75) is 154 Å². The number of hydrogen-bond acceptors (Lipinski definition) is 7. The number of ether oxygens (including phenoxy) is 4. The molecule has 4 saturated heterocycles. The SMILES string of the molecule is CC=C1CC2CC(=O)OC(C=CC=CCCOC(=O)N3CCC(N4CCCCCC4)CC3)C(C)C=CC(C)CC3CCCC(CC(C1)O2)O3. The highest BCUT2D eigenvalue weighted by Crippen LogP contribution is 2.33. The number of nitrogens with zero attached hydrogens (tertiary/aromatic N) is 2. The lowest BCUT2D eigenvalue weighted by molar-refractivity contribution is -0.154. The summed E-state index contributed by atoms with van der Waals surface area (Å²) >= 11 is 0. The highest BCUT2D eigenvalue weighted by Gasteiger charge is 2.33. The van der Waals surface area contributed by atoms with Crippen LogP contribution in [0.25, 0.3) is 0 Å². The molecule has 0 aliphatic carbocycles. The van der Waals surface area contributed by atoms with Crippen molar-refractivity contribution in [3.63, 3.8) is 0 Å². The number of likely N-dealkylation sites (tertiary alicyclic amines) is 2. The van der Waals surface area contributed by atoms with E-state index in [0.717, 1.165) is 64.5 Å². The Kier molecular flexibility index (Phi) is 15.3. The molecule has 5 heterocycles. The van der Waals surface area contributed by atoms with E-state index in [4.69, 9.17) is 18.9 Å². The maximum Gasteiger partial charge on any atom is 0.409 e. The number of cyclic esters (lactones) is 1. The zero-order valence-corrected chi connectivity index (χ0v) is 30.6. The Morgan fingerprint density at radius 3 is 2.31 bits per heavy atom. The predicted octanol–water partition coefficient (Wildman–Crippen LogP) is 8.32. The van der Waals surface area contributed by atoms with E-state index >= 15 is 0 Å². The minimum Gasteiger partial charge on any atom is -0.457 e. The first-order chi connectivity index (χ1) is 23.9. The second-order valence-electron chi connectivity index (χ2n) is 15.3. The summed E-state index contributed by atoms with van der Waals surface area (Å²) in [5, 5.41) is 0. The number of hydrogen-bond donors (Lipinski definition) is 0. The van der Waals surface area contributed by atoms with Crippen molar-refractivity contribution < 1.29 is 28.5 Å². The monoisotopic (exact) mass is 680 g/mol. The molecule has 0 N–H and O–H groups in total. The second kappa shape index (κ2) is 19.8. The Hall–Kier alpha value is -2.42. The smallest absolute Gasteiger partial charge is 0.409 e. The standard InChI is InChI=1S/C41H64N2O6/c1-4-33-27-37-29-36-15-13-14-35(47-36)26-31(2)17-18-32(3)39(49-40(44)30-38(28-33)48-37)16-9-5-8-12-25-46-41(45)43-23-19-34(20-24-43)42-21-10-6-7-11-22-42/h4-5,8-9,16-18,31-32,34-39H,6-7,10-15,19-30H2,1-3H3. The molecule has 0 aromatic carbocycles. The minimum absolute atomic E-state index is 0.0135. The summed E-state index contributed by atoms with van der Waals surface area (Å²) < 4.78 is 24.8. The fourth-order valence-electron chi connectivity index (χ4n) is 8.36. The fourth-order valence-corrected chi connectivity index (χ4v) is 8.36. The summed E-state index contributed by atoms with van der Waals surface area (Å²) in [6, 6.07) is 0.606. The van der Waals surface area contributed by atoms with Crippen LogP contribution in [0.1, 0.15) is 117 Å². The van der Waals surface area contributed by atoms with E-state index < -0.39 is 0 Å². The molecule has 49 heavy (non-hydrogen) atoms. The molecular weight excluding hydrogens is 616 g/mol. The van der Waals surface area contributed by atoms with Crippen LogP contribution in [0.15, 0.2) is 48.1 Å². The van der Waals surface area contributed by atoms with Crippen molar-refractivity contribution in [2.24, 2.45) is 11.8 Å². The lowest BCUT2D eigenvalue weighted by Crippen LogP contribution is -2.47. The van der Waals surface area contributed by atoms with E-state index in [1.807, 2.05) is 29.2 Å². The third kappa shape index (κ3) is 12.4. The quantitative estimate of drug-likeness (QED) is 0.121. The summed E-state index contributed by atoms with van der Waals surface area (Å²) in [6.07, 6.45) is 29.5. The summed E-state index contributed by atoms with van der Waals surface area (Å²) in [7, 11) is 0. The zero-order valence-electron chi connectivity index (χ0n) is 30.6. The lowest BCUT2D eigenvalue weighted by atomic mass is 9.90. The number of rotatable bonds is 6. The van der Waals surface area contributed by atoms with Gasteiger partial charge in [-0.05, 0) is 103 Å². The van der Waals surface area contributed by atoms with E-state index in [2.05, 4.69) is 43.9 Å². The van der Waals surface area contributed by atoms with Gasteiger partial charge in [0.15, 0.2) is 0 Å². The van der Waals surface area contributed by atoms with Crippen LogP contribution in [-0.4, -0.2) is 91.2 Å². The van der Waals surface area contributed by atoms with Gasteiger partial charge in [0, 0.05) is 31.5 Å². The summed E-state index contributed by atoms with van der Waals surface area (Å²) in [4.78, 5) is 30.5. The predicted molar refractivity (Wildman–Crippen MR) is 194 cm³/mol. The van der Waals surface area contributed by atoms with Gasteiger partial charge in [0.2, 0.25) is 0 Å². The van der Waals surface area contributed by atoms with Gasteiger partial charge in [-0.1, -0.05) is 68.7 Å². The fraction of sp³-hybridized carbons (Fsp3) is 0.756. The van der Waals surface area contributed by atoms with E-state index in [0.29, 0.717) is 25.0 Å². The van der Waals surface area contributed by atoms with Crippen molar-refractivity contribution >= 4 is 12.1 Å². The van der Waals surface area contributed by atoms with Crippen LogP contribution in [-0.2, 0) is 23.7 Å². The molecule has 4 fully saturated rings. The molecule has 5 aliphatic rings. The number of fused-ring (bicyclic) bond motifs is 4. The van der Waals surface area contributed by atoms with Gasteiger partial charge in [-0.2, -0.15) is 0 Å². The molecule has 7 unspecified atom stereocenters. The van der Waals surface area contributed by atoms with Crippen LogP contribution in [0.5, 0.6) is 0 Å². The second-order valence-corrected chi connectivity index (χ2v) is 15.3. The number of esters is 1. The number of carbonyl (C=O) groups is 2. The highest BCUT2D eigenvalue weighted by molar-refractivity contribution is 5.70. The first kappa shape index (κ1) is 37.8. The minimum atomic E-state index is -0.389. The summed E-state index contributed by atoms with van der Waals surface area (Å²) in [5.74, 6) is 0.161. The van der Waals surface area contributed by atoms with Gasteiger partial charge < -0.3 is 28.7 Å². The Labute approximate surface area is 296 Å². The third-order valence-electron chi connectivity index (χ3n) is 11.2. The maximum absolute atomic E-state index is 13.3. The first-order valence-corrected chi connectivity index (χ1v) is 19.7. The van der Waals surface area contributed by atoms with Crippen molar-refractivity contribution in [1.82, 2.24) is 9.80 Å². The molecule has 8 heteroatoms. The molecule has 0 radical (unpaired) electrons. The van der Waals surface area contributed by atoms with Crippen LogP contribution in [0.4, 0.5) is 4.79 Å².